The minimum atomic E-state index is -2.48. The maximum atomic E-state index is 12.1. The number of allylic oxidation sites excluding steroid dienone is 2. The molecule has 1 heterocycles. The van der Waals surface area contributed by atoms with E-state index in [1.165, 1.54) is 0 Å². The van der Waals surface area contributed by atoms with Crippen LogP contribution in [-0.4, -0.2) is 37.6 Å². The SMILES string of the molecule is CC/C(=C(/C)NC(F)F)N1CC(NC)C1. The summed E-state index contributed by atoms with van der Waals surface area (Å²) in [5, 5.41) is 5.32. The van der Waals surface area contributed by atoms with Crippen molar-refractivity contribution in [3.05, 3.63) is 11.4 Å². The number of nitrogens with one attached hydrogen (secondary N) is 2. The van der Waals surface area contributed by atoms with E-state index >= 15 is 0 Å². The van der Waals surface area contributed by atoms with Gasteiger partial charge in [0.2, 0.25) is 0 Å². The Morgan fingerprint density at radius 1 is 1.47 bits per heavy atom. The number of hydrogen-bond donors (Lipinski definition) is 2. The third-order valence-electron chi connectivity index (χ3n) is 2.76. The van der Waals surface area contributed by atoms with Gasteiger partial charge in [0.1, 0.15) is 0 Å². The molecule has 3 nitrogen and oxygen atoms in total. The van der Waals surface area contributed by atoms with E-state index < -0.39 is 6.55 Å². The van der Waals surface area contributed by atoms with Crippen LogP contribution in [0.25, 0.3) is 0 Å². The van der Waals surface area contributed by atoms with Crippen molar-refractivity contribution in [1.29, 1.82) is 0 Å². The lowest BCUT2D eigenvalue weighted by Crippen LogP contribution is -2.56. The summed E-state index contributed by atoms with van der Waals surface area (Å²) in [4.78, 5) is 2.13. The van der Waals surface area contributed by atoms with Gasteiger partial charge in [-0.15, -0.1) is 0 Å². The molecule has 1 aliphatic rings. The maximum Gasteiger partial charge on any atom is 0.312 e. The number of likely N-dealkylation sites (N-methyl/N-ethyl adjacent to an activating group) is 1. The summed E-state index contributed by atoms with van der Waals surface area (Å²) in [5.74, 6) is 0. The summed E-state index contributed by atoms with van der Waals surface area (Å²) in [5.41, 5.74) is 1.57. The second-order valence-corrected chi connectivity index (χ2v) is 3.76. The Hall–Kier alpha value is -0.840. The van der Waals surface area contributed by atoms with Crippen molar-refractivity contribution in [3.8, 4) is 0 Å². The highest BCUT2D eigenvalue weighted by Crippen LogP contribution is 2.20. The second kappa shape index (κ2) is 5.30. The highest BCUT2D eigenvalue weighted by atomic mass is 19.3. The average Bonchev–Trinajstić information content (AvgIpc) is 2.08. The Morgan fingerprint density at radius 3 is 2.47 bits per heavy atom. The Kier molecular flexibility index (Phi) is 4.32. The van der Waals surface area contributed by atoms with E-state index in [0.29, 0.717) is 11.7 Å². The molecule has 0 radical (unpaired) electrons. The molecule has 0 aliphatic carbocycles. The van der Waals surface area contributed by atoms with Crippen LogP contribution in [0.4, 0.5) is 8.78 Å². The molecule has 0 aromatic heterocycles. The summed E-state index contributed by atoms with van der Waals surface area (Å²) < 4.78 is 24.3. The van der Waals surface area contributed by atoms with Crippen molar-refractivity contribution in [2.75, 3.05) is 20.1 Å². The van der Waals surface area contributed by atoms with Crippen LogP contribution in [-0.2, 0) is 0 Å². The molecule has 0 unspecified atom stereocenters. The lowest BCUT2D eigenvalue weighted by atomic mass is 10.1. The number of hydrogen-bond acceptors (Lipinski definition) is 3. The number of rotatable bonds is 5. The first-order valence-corrected chi connectivity index (χ1v) is 5.25. The zero-order valence-electron chi connectivity index (χ0n) is 9.48. The monoisotopic (exact) mass is 219 g/mol. The van der Waals surface area contributed by atoms with Gasteiger partial charge in [0.15, 0.2) is 0 Å². The minimum Gasteiger partial charge on any atom is -0.370 e. The largest absolute Gasteiger partial charge is 0.370 e. The second-order valence-electron chi connectivity index (χ2n) is 3.76. The average molecular weight is 219 g/mol. The molecular weight excluding hydrogens is 200 g/mol. The van der Waals surface area contributed by atoms with Crippen molar-refractivity contribution in [3.63, 3.8) is 0 Å². The molecule has 0 spiro atoms. The van der Waals surface area contributed by atoms with Gasteiger partial charge in [-0.2, -0.15) is 8.78 Å². The lowest BCUT2D eigenvalue weighted by molar-refractivity contribution is 0.115. The zero-order valence-corrected chi connectivity index (χ0v) is 9.48. The standard InChI is InChI=1S/C10H19F2N3/c1-4-9(7(2)14-10(11)12)15-5-8(6-15)13-3/h8,10,13-14H,4-6H2,1-3H3/b9-7+. The van der Waals surface area contributed by atoms with E-state index in [9.17, 15) is 8.78 Å². The van der Waals surface area contributed by atoms with Gasteiger partial charge in [-0.25, -0.2) is 0 Å². The van der Waals surface area contributed by atoms with E-state index in [-0.39, 0.29) is 0 Å². The van der Waals surface area contributed by atoms with Gasteiger partial charge < -0.3 is 15.5 Å². The molecule has 1 rings (SSSR count). The number of halogens is 2. The predicted molar refractivity (Wildman–Crippen MR) is 56.6 cm³/mol. The van der Waals surface area contributed by atoms with Crippen LogP contribution in [0.5, 0.6) is 0 Å². The van der Waals surface area contributed by atoms with Gasteiger partial charge in [-0.05, 0) is 20.4 Å². The molecule has 5 heteroatoms. The summed E-state index contributed by atoms with van der Waals surface area (Å²) in [6.45, 7) is 3.02. The highest BCUT2D eigenvalue weighted by Gasteiger charge is 2.27. The topological polar surface area (TPSA) is 27.3 Å². The van der Waals surface area contributed by atoms with Crippen molar-refractivity contribution < 1.29 is 8.78 Å². The molecule has 1 aliphatic heterocycles. The minimum absolute atomic E-state index is 0.492. The van der Waals surface area contributed by atoms with Crippen LogP contribution in [0, 0.1) is 0 Å². The van der Waals surface area contributed by atoms with Crippen molar-refractivity contribution in [1.82, 2.24) is 15.5 Å². The van der Waals surface area contributed by atoms with E-state index in [0.717, 1.165) is 25.2 Å². The molecule has 0 bridgehead atoms. The normalized spacial score (nSPS) is 18.9. The van der Waals surface area contributed by atoms with Gasteiger partial charge in [-0.3, -0.25) is 0 Å². The number of alkyl halides is 2. The molecule has 0 aromatic carbocycles. The molecule has 1 fully saturated rings. The van der Waals surface area contributed by atoms with Crippen LogP contribution in [0.15, 0.2) is 11.4 Å². The Morgan fingerprint density at radius 2 is 2.07 bits per heavy atom. The van der Waals surface area contributed by atoms with Crippen LogP contribution in [0.1, 0.15) is 20.3 Å². The van der Waals surface area contributed by atoms with Gasteiger partial charge in [-0.1, -0.05) is 6.92 Å². The van der Waals surface area contributed by atoms with E-state index in [4.69, 9.17) is 0 Å². The highest BCUT2D eigenvalue weighted by molar-refractivity contribution is 5.13. The molecule has 0 saturated carbocycles. The van der Waals surface area contributed by atoms with Gasteiger partial charge in [0, 0.05) is 30.5 Å². The molecule has 0 aromatic rings. The first kappa shape index (κ1) is 12.2. The fraction of sp³-hybridized carbons (Fsp3) is 0.800. The van der Waals surface area contributed by atoms with Gasteiger partial charge >= 0.3 is 6.55 Å². The first-order valence-electron chi connectivity index (χ1n) is 5.25. The molecule has 2 N–H and O–H groups in total. The van der Waals surface area contributed by atoms with Crippen LogP contribution in [0.2, 0.25) is 0 Å². The third-order valence-corrected chi connectivity index (χ3v) is 2.76. The van der Waals surface area contributed by atoms with Crippen molar-refractivity contribution in [2.45, 2.75) is 32.9 Å². The van der Waals surface area contributed by atoms with Gasteiger partial charge in [0.25, 0.3) is 0 Å². The molecule has 1 saturated heterocycles. The molecule has 0 amide bonds. The Bertz CT molecular complexity index is 235. The number of nitrogens with zero attached hydrogens (tertiary/aromatic N) is 1. The number of likely N-dealkylation sites (tertiary alicyclic amines) is 1. The maximum absolute atomic E-state index is 12.1. The fourth-order valence-electron chi connectivity index (χ4n) is 1.85. The van der Waals surface area contributed by atoms with E-state index in [1.807, 2.05) is 14.0 Å². The molecule has 15 heavy (non-hydrogen) atoms. The third kappa shape index (κ3) is 3.06. The summed E-state index contributed by atoms with van der Waals surface area (Å²) in [6.07, 6.45) is 0.780. The van der Waals surface area contributed by atoms with Crippen LogP contribution >= 0.6 is 0 Å². The Balaban J connectivity index is 2.55. The zero-order chi connectivity index (χ0) is 11.4. The molecule has 88 valence electrons. The first-order chi connectivity index (χ1) is 7.08. The predicted octanol–water partition coefficient (Wildman–Crippen LogP) is 1.34. The van der Waals surface area contributed by atoms with Crippen LogP contribution in [0.3, 0.4) is 0 Å². The summed E-state index contributed by atoms with van der Waals surface area (Å²) in [7, 11) is 1.92. The lowest BCUT2D eigenvalue weighted by Gasteiger charge is -2.43. The fourth-order valence-corrected chi connectivity index (χ4v) is 1.85. The summed E-state index contributed by atoms with van der Waals surface area (Å²) in [6, 6.07) is 0.492. The smallest absolute Gasteiger partial charge is 0.312 e. The quantitative estimate of drug-likeness (QED) is 0.683. The van der Waals surface area contributed by atoms with E-state index in [2.05, 4.69) is 15.5 Å². The van der Waals surface area contributed by atoms with Gasteiger partial charge in [0.05, 0.1) is 0 Å². The Labute approximate surface area is 89.5 Å². The molecular formula is C10H19F2N3. The van der Waals surface area contributed by atoms with E-state index in [1.54, 1.807) is 6.92 Å². The van der Waals surface area contributed by atoms with Crippen molar-refractivity contribution >= 4 is 0 Å². The molecule has 0 atom stereocenters. The van der Waals surface area contributed by atoms with Crippen LogP contribution < -0.4 is 10.6 Å². The van der Waals surface area contributed by atoms with Crippen molar-refractivity contribution in [2.24, 2.45) is 0 Å². The summed E-state index contributed by atoms with van der Waals surface area (Å²) >= 11 is 0.